The van der Waals surface area contributed by atoms with E-state index in [1.807, 2.05) is 36.8 Å². The topological polar surface area (TPSA) is 37.8 Å². The Morgan fingerprint density at radius 3 is 2.86 bits per heavy atom. The first-order valence-electron chi connectivity index (χ1n) is 6.97. The fourth-order valence-electron chi connectivity index (χ4n) is 2.56. The van der Waals surface area contributed by atoms with Crippen molar-refractivity contribution in [1.29, 1.82) is 0 Å². The van der Waals surface area contributed by atoms with Gasteiger partial charge < -0.3 is 5.32 Å². The lowest BCUT2D eigenvalue weighted by atomic mass is 9.97. The summed E-state index contributed by atoms with van der Waals surface area (Å²) in [7, 11) is 0. The summed E-state index contributed by atoms with van der Waals surface area (Å²) in [6, 6.07) is 12.4. The molecule has 2 heterocycles. The van der Waals surface area contributed by atoms with Crippen LogP contribution in [0.3, 0.4) is 0 Å². The number of nitrogens with zero attached hydrogens (tertiary/aromatic N) is 2. The number of nitrogens with one attached hydrogen (secondary N) is 1. The maximum Gasteiger partial charge on any atom is 0.0769 e. The molecule has 0 radical (unpaired) electrons. The van der Waals surface area contributed by atoms with Gasteiger partial charge in [0, 0.05) is 28.4 Å². The van der Waals surface area contributed by atoms with E-state index in [0.717, 1.165) is 22.1 Å². The minimum Gasteiger partial charge on any atom is -0.305 e. The van der Waals surface area contributed by atoms with Gasteiger partial charge in [0.05, 0.1) is 11.7 Å². The Morgan fingerprint density at radius 2 is 2.05 bits per heavy atom. The third-order valence-corrected chi connectivity index (χ3v) is 4.17. The average Bonchev–Trinajstić information content (AvgIpc) is 2.53. The van der Waals surface area contributed by atoms with Crippen molar-refractivity contribution in [3.05, 3.63) is 70.7 Å². The molecule has 106 valence electrons. The van der Waals surface area contributed by atoms with E-state index in [2.05, 4.69) is 56.3 Å². The van der Waals surface area contributed by atoms with Crippen LogP contribution in [0.25, 0.3) is 10.8 Å². The zero-order valence-electron chi connectivity index (χ0n) is 11.8. The van der Waals surface area contributed by atoms with E-state index in [0.29, 0.717) is 0 Å². The molecule has 4 heteroatoms. The van der Waals surface area contributed by atoms with Gasteiger partial charge in [0.25, 0.3) is 0 Å². The van der Waals surface area contributed by atoms with Gasteiger partial charge in [0.2, 0.25) is 0 Å². The van der Waals surface area contributed by atoms with E-state index in [1.54, 1.807) is 0 Å². The number of pyridine rings is 2. The summed E-state index contributed by atoms with van der Waals surface area (Å²) in [6.07, 6.45) is 5.57. The molecule has 0 saturated carbocycles. The van der Waals surface area contributed by atoms with Gasteiger partial charge in [0.1, 0.15) is 0 Å². The van der Waals surface area contributed by atoms with Gasteiger partial charge in [-0.3, -0.25) is 9.97 Å². The van der Waals surface area contributed by atoms with Gasteiger partial charge in [-0.25, -0.2) is 0 Å². The van der Waals surface area contributed by atoms with Crippen LogP contribution in [0.4, 0.5) is 0 Å². The number of rotatable bonds is 4. The summed E-state index contributed by atoms with van der Waals surface area (Å²) in [5.74, 6) is 0. The van der Waals surface area contributed by atoms with Crippen LogP contribution < -0.4 is 5.32 Å². The predicted molar refractivity (Wildman–Crippen MR) is 89.2 cm³/mol. The largest absolute Gasteiger partial charge is 0.305 e. The molecule has 1 N–H and O–H groups in total. The van der Waals surface area contributed by atoms with Crippen LogP contribution in [0.2, 0.25) is 0 Å². The number of hydrogen-bond acceptors (Lipinski definition) is 3. The van der Waals surface area contributed by atoms with E-state index in [1.165, 1.54) is 10.9 Å². The molecule has 3 aromatic rings. The Hall–Kier alpha value is -1.78. The zero-order valence-corrected chi connectivity index (χ0v) is 13.3. The lowest BCUT2D eigenvalue weighted by Gasteiger charge is -2.20. The molecule has 1 atom stereocenters. The van der Waals surface area contributed by atoms with Gasteiger partial charge in [-0.2, -0.15) is 0 Å². The Labute approximate surface area is 132 Å². The maximum atomic E-state index is 4.55. The van der Waals surface area contributed by atoms with Crippen molar-refractivity contribution in [3.63, 3.8) is 0 Å². The van der Waals surface area contributed by atoms with E-state index in [-0.39, 0.29) is 6.04 Å². The number of fused-ring (bicyclic) bond motifs is 1. The van der Waals surface area contributed by atoms with E-state index in [9.17, 15) is 0 Å². The van der Waals surface area contributed by atoms with Crippen LogP contribution >= 0.6 is 15.9 Å². The van der Waals surface area contributed by atoms with Crippen LogP contribution in [0.1, 0.15) is 24.2 Å². The molecular formula is C17H16BrN3. The second-order valence-corrected chi connectivity index (χ2v) is 5.66. The second kappa shape index (κ2) is 6.33. The fraction of sp³-hybridized carbons (Fsp3) is 0.176. The summed E-state index contributed by atoms with van der Waals surface area (Å²) in [5.41, 5.74) is 2.19. The van der Waals surface area contributed by atoms with Gasteiger partial charge in [-0.1, -0.05) is 25.1 Å². The molecule has 1 unspecified atom stereocenters. The Balaban J connectivity index is 2.19. The van der Waals surface area contributed by atoms with E-state index >= 15 is 0 Å². The normalized spacial score (nSPS) is 12.5. The molecule has 3 nitrogen and oxygen atoms in total. The molecule has 0 aliphatic carbocycles. The number of aromatic nitrogens is 2. The first-order valence-corrected chi connectivity index (χ1v) is 7.77. The van der Waals surface area contributed by atoms with Gasteiger partial charge in [-0.05, 0) is 51.6 Å². The van der Waals surface area contributed by atoms with Gasteiger partial charge in [0.15, 0.2) is 0 Å². The molecule has 0 aliphatic rings. The van der Waals surface area contributed by atoms with Crippen LogP contribution in [0, 0.1) is 0 Å². The van der Waals surface area contributed by atoms with Crippen molar-refractivity contribution < 1.29 is 0 Å². The molecule has 1 aromatic carbocycles. The molecule has 2 aromatic heterocycles. The minimum atomic E-state index is 0.0403. The van der Waals surface area contributed by atoms with E-state index in [4.69, 9.17) is 0 Å². The van der Waals surface area contributed by atoms with Crippen molar-refractivity contribution in [2.24, 2.45) is 0 Å². The summed E-state index contributed by atoms with van der Waals surface area (Å²) in [5, 5.41) is 5.88. The quantitative estimate of drug-likeness (QED) is 0.776. The third-order valence-electron chi connectivity index (χ3n) is 3.50. The molecule has 21 heavy (non-hydrogen) atoms. The van der Waals surface area contributed by atoms with Crippen molar-refractivity contribution in [2.75, 3.05) is 6.54 Å². The summed E-state index contributed by atoms with van der Waals surface area (Å²) < 4.78 is 1.01. The molecule has 0 fully saturated rings. The fourth-order valence-corrected chi connectivity index (χ4v) is 3.04. The minimum absolute atomic E-state index is 0.0403. The van der Waals surface area contributed by atoms with Crippen molar-refractivity contribution in [2.45, 2.75) is 13.0 Å². The van der Waals surface area contributed by atoms with Crippen molar-refractivity contribution >= 4 is 26.7 Å². The molecular weight excluding hydrogens is 326 g/mol. The third kappa shape index (κ3) is 2.82. The van der Waals surface area contributed by atoms with Crippen molar-refractivity contribution in [1.82, 2.24) is 15.3 Å². The maximum absolute atomic E-state index is 4.55. The lowest BCUT2D eigenvalue weighted by Crippen LogP contribution is -2.23. The average molecular weight is 342 g/mol. The molecule has 0 amide bonds. The van der Waals surface area contributed by atoms with Gasteiger partial charge in [-0.15, -0.1) is 0 Å². The lowest BCUT2D eigenvalue weighted by molar-refractivity contribution is 0.616. The Kier molecular flexibility index (Phi) is 4.27. The zero-order chi connectivity index (χ0) is 14.7. The molecule has 0 spiro atoms. The first kappa shape index (κ1) is 14.2. The van der Waals surface area contributed by atoms with Crippen molar-refractivity contribution in [3.8, 4) is 0 Å². The number of benzene rings is 1. The van der Waals surface area contributed by atoms with Crippen LogP contribution in [-0.4, -0.2) is 16.5 Å². The monoisotopic (exact) mass is 341 g/mol. The molecule has 0 aliphatic heterocycles. The highest BCUT2D eigenvalue weighted by molar-refractivity contribution is 9.10. The molecule has 0 bridgehead atoms. The standard InChI is InChI=1S/C17H16BrN3/c1-2-20-16(17-15(18)7-4-9-21-17)13-6-3-5-12-8-10-19-11-14(12)13/h3-11,16,20H,2H2,1H3. The highest BCUT2D eigenvalue weighted by atomic mass is 79.9. The SMILES string of the molecule is CCNC(c1ncccc1Br)c1cccc2ccncc12. The second-order valence-electron chi connectivity index (χ2n) is 4.81. The predicted octanol–water partition coefficient (Wildman–Crippen LogP) is 4.09. The van der Waals surface area contributed by atoms with Crippen LogP contribution in [0.15, 0.2) is 59.5 Å². The summed E-state index contributed by atoms with van der Waals surface area (Å²) >= 11 is 3.61. The Bertz CT molecular complexity index is 752. The summed E-state index contributed by atoms with van der Waals surface area (Å²) in [4.78, 5) is 8.82. The Morgan fingerprint density at radius 1 is 1.14 bits per heavy atom. The van der Waals surface area contributed by atoms with Crippen LogP contribution in [-0.2, 0) is 0 Å². The van der Waals surface area contributed by atoms with Gasteiger partial charge >= 0.3 is 0 Å². The number of hydrogen-bond donors (Lipinski definition) is 1. The molecule has 3 rings (SSSR count). The first-order chi connectivity index (χ1) is 10.3. The van der Waals surface area contributed by atoms with Crippen LogP contribution in [0.5, 0.6) is 0 Å². The smallest absolute Gasteiger partial charge is 0.0769 e. The number of halogens is 1. The van der Waals surface area contributed by atoms with E-state index < -0.39 is 0 Å². The highest BCUT2D eigenvalue weighted by Crippen LogP contribution is 2.31. The summed E-state index contributed by atoms with van der Waals surface area (Å²) in [6.45, 7) is 2.97. The molecule has 0 saturated heterocycles. The highest BCUT2D eigenvalue weighted by Gasteiger charge is 2.19.